The van der Waals surface area contributed by atoms with Crippen LogP contribution in [0.1, 0.15) is 31.7 Å². The van der Waals surface area contributed by atoms with Crippen LogP contribution in [0.15, 0.2) is 24.3 Å². The summed E-state index contributed by atoms with van der Waals surface area (Å²) < 4.78 is 0. The number of para-hydroxylation sites is 1. The normalized spacial score (nSPS) is 16.0. The van der Waals surface area contributed by atoms with Crippen molar-refractivity contribution in [3.63, 3.8) is 0 Å². The Morgan fingerprint density at radius 2 is 2.19 bits per heavy atom. The third-order valence-electron chi connectivity index (χ3n) is 3.75. The van der Waals surface area contributed by atoms with E-state index >= 15 is 0 Å². The van der Waals surface area contributed by atoms with Crippen LogP contribution < -0.4 is 5.32 Å². The zero-order valence-corrected chi connectivity index (χ0v) is 12.3. The van der Waals surface area contributed by atoms with Crippen molar-refractivity contribution in [1.29, 1.82) is 0 Å². The van der Waals surface area contributed by atoms with E-state index in [1.54, 1.807) is 24.3 Å². The Kier molecular flexibility index (Phi) is 5.20. The molecule has 2 amide bonds. The van der Waals surface area contributed by atoms with E-state index in [9.17, 15) is 14.7 Å². The summed E-state index contributed by atoms with van der Waals surface area (Å²) in [5, 5.41) is 12.6. The Morgan fingerprint density at radius 3 is 2.86 bits per heavy atom. The minimum atomic E-state index is -0.114. The number of phenolic OH excluding ortho intramolecular Hbond substituents is 1. The van der Waals surface area contributed by atoms with E-state index in [1.165, 1.54) is 0 Å². The number of nitrogens with zero attached hydrogens (tertiary/aromatic N) is 1. The molecule has 1 aliphatic heterocycles. The van der Waals surface area contributed by atoms with Crippen molar-refractivity contribution < 1.29 is 14.7 Å². The first-order chi connectivity index (χ1) is 10.1. The molecule has 5 heteroatoms. The van der Waals surface area contributed by atoms with Crippen LogP contribution in [0.5, 0.6) is 5.75 Å². The lowest BCUT2D eigenvalue weighted by atomic mass is 10.1. The molecule has 0 aromatic heterocycles. The number of benzene rings is 1. The quantitative estimate of drug-likeness (QED) is 0.833. The van der Waals surface area contributed by atoms with Crippen LogP contribution in [0.2, 0.25) is 0 Å². The Morgan fingerprint density at radius 1 is 1.43 bits per heavy atom. The lowest BCUT2D eigenvalue weighted by Crippen LogP contribution is -2.37. The third kappa shape index (κ3) is 4.48. The number of likely N-dealkylation sites (tertiary alicyclic amines) is 1. The maximum Gasteiger partial charge on any atom is 0.224 e. The lowest BCUT2D eigenvalue weighted by Gasteiger charge is -2.19. The number of nitrogens with one attached hydrogen (secondary N) is 1. The summed E-state index contributed by atoms with van der Waals surface area (Å²) >= 11 is 0. The van der Waals surface area contributed by atoms with Crippen LogP contribution in [0, 0.1) is 0 Å². The van der Waals surface area contributed by atoms with Crippen LogP contribution in [0.25, 0.3) is 0 Å². The average molecular weight is 290 g/mol. The van der Waals surface area contributed by atoms with Gasteiger partial charge in [-0.05, 0) is 25.8 Å². The minimum absolute atomic E-state index is 0.0109. The fraction of sp³-hybridized carbons (Fsp3) is 0.500. The van der Waals surface area contributed by atoms with E-state index in [-0.39, 0.29) is 30.0 Å². The molecule has 1 saturated heterocycles. The number of aromatic hydroxyl groups is 1. The largest absolute Gasteiger partial charge is 0.508 e. The predicted octanol–water partition coefficient (Wildman–Crippen LogP) is 1.45. The number of amides is 2. The molecule has 1 aliphatic rings. The van der Waals surface area contributed by atoms with Crippen molar-refractivity contribution in [2.24, 2.45) is 0 Å². The average Bonchev–Trinajstić information content (AvgIpc) is 2.84. The number of hydrogen-bond acceptors (Lipinski definition) is 3. The van der Waals surface area contributed by atoms with Crippen molar-refractivity contribution >= 4 is 11.8 Å². The zero-order chi connectivity index (χ0) is 15.2. The molecule has 1 atom stereocenters. The van der Waals surface area contributed by atoms with E-state index < -0.39 is 0 Å². The molecule has 0 spiro atoms. The fourth-order valence-corrected chi connectivity index (χ4v) is 2.52. The van der Waals surface area contributed by atoms with Gasteiger partial charge in [0.2, 0.25) is 11.8 Å². The molecule has 1 heterocycles. The summed E-state index contributed by atoms with van der Waals surface area (Å²) in [6.45, 7) is 3.46. The highest BCUT2D eigenvalue weighted by molar-refractivity contribution is 5.79. The second kappa shape index (κ2) is 7.11. The molecule has 21 heavy (non-hydrogen) atoms. The Hall–Kier alpha value is -2.04. The number of carbonyl (C=O) groups excluding carboxylic acids is 2. The molecule has 5 nitrogen and oxygen atoms in total. The van der Waals surface area contributed by atoms with Gasteiger partial charge in [-0.3, -0.25) is 9.59 Å². The second-order valence-electron chi connectivity index (χ2n) is 5.55. The maximum atomic E-state index is 11.9. The molecule has 0 unspecified atom stereocenters. The van der Waals surface area contributed by atoms with Crippen molar-refractivity contribution in [2.75, 3.05) is 13.1 Å². The van der Waals surface area contributed by atoms with Crippen LogP contribution >= 0.6 is 0 Å². The zero-order valence-electron chi connectivity index (χ0n) is 12.3. The molecular weight excluding hydrogens is 268 g/mol. The highest BCUT2D eigenvalue weighted by Crippen LogP contribution is 2.16. The number of hydrogen-bond donors (Lipinski definition) is 2. The Labute approximate surface area is 125 Å². The van der Waals surface area contributed by atoms with Gasteiger partial charge in [-0.15, -0.1) is 0 Å². The molecule has 0 radical (unpaired) electrons. The highest BCUT2D eigenvalue weighted by Gasteiger charge is 2.20. The van der Waals surface area contributed by atoms with E-state index in [2.05, 4.69) is 5.32 Å². The summed E-state index contributed by atoms with van der Waals surface area (Å²) in [4.78, 5) is 25.3. The summed E-state index contributed by atoms with van der Waals surface area (Å²) in [5.74, 6) is 0.238. The van der Waals surface area contributed by atoms with Crippen molar-refractivity contribution in [3.05, 3.63) is 29.8 Å². The van der Waals surface area contributed by atoms with E-state index in [1.807, 2.05) is 11.8 Å². The molecule has 1 fully saturated rings. The van der Waals surface area contributed by atoms with E-state index in [4.69, 9.17) is 0 Å². The van der Waals surface area contributed by atoms with Gasteiger partial charge in [-0.2, -0.15) is 0 Å². The van der Waals surface area contributed by atoms with Gasteiger partial charge in [0, 0.05) is 31.1 Å². The van der Waals surface area contributed by atoms with Crippen LogP contribution in [-0.2, 0) is 16.0 Å². The predicted molar refractivity (Wildman–Crippen MR) is 79.8 cm³/mol. The Balaban J connectivity index is 1.74. The molecule has 2 N–H and O–H groups in total. The second-order valence-corrected chi connectivity index (χ2v) is 5.55. The van der Waals surface area contributed by atoms with Gasteiger partial charge >= 0.3 is 0 Å². The van der Waals surface area contributed by atoms with Gasteiger partial charge in [0.15, 0.2) is 0 Å². The minimum Gasteiger partial charge on any atom is -0.508 e. The number of phenols is 1. The van der Waals surface area contributed by atoms with Gasteiger partial charge in [0.25, 0.3) is 0 Å². The summed E-state index contributed by atoms with van der Waals surface area (Å²) in [5.41, 5.74) is 0.622. The molecular formula is C16H22N2O3. The summed E-state index contributed by atoms with van der Waals surface area (Å²) in [6, 6.07) is 6.85. The summed E-state index contributed by atoms with van der Waals surface area (Å²) in [6.07, 6.45) is 2.50. The number of rotatable bonds is 6. The van der Waals surface area contributed by atoms with Crippen molar-refractivity contribution in [2.45, 2.75) is 38.6 Å². The van der Waals surface area contributed by atoms with Gasteiger partial charge in [-0.25, -0.2) is 0 Å². The smallest absolute Gasteiger partial charge is 0.224 e. The van der Waals surface area contributed by atoms with Gasteiger partial charge in [-0.1, -0.05) is 18.2 Å². The first-order valence-electron chi connectivity index (χ1n) is 7.40. The highest BCUT2D eigenvalue weighted by atomic mass is 16.3. The van der Waals surface area contributed by atoms with E-state index in [0.29, 0.717) is 18.5 Å². The molecule has 2 rings (SSSR count). The molecule has 114 valence electrons. The number of carbonyl (C=O) groups is 2. The fourth-order valence-electron chi connectivity index (χ4n) is 2.52. The van der Waals surface area contributed by atoms with Crippen LogP contribution in [-0.4, -0.2) is 41.0 Å². The van der Waals surface area contributed by atoms with Crippen LogP contribution in [0.3, 0.4) is 0 Å². The van der Waals surface area contributed by atoms with Crippen LogP contribution in [0.4, 0.5) is 0 Å². The first kappa shape index (κ1) is 15.4. The first-order valence-corrected chi connectivity index (χ1v) is 7.40. The standard InChI is InChI=1S/C16H22N2O3/c1-12(8-10-18-9-4-7-16(18)21)17-15(20)11-13-5-2-3-6-14(13)19/h2-3,5-6,12,19H,4,7-11H2,1H3,(H,17,20)/t12-/m1/s1. The third-order valence-corrected chi connectivity index (χ3v) is 3.75. The maximum absolute atomic E-state index is 11.9. The van der Waals surface area contributed by atoms with Crippen molar-refractivity contribution in [3.8, 4) is 5.75 Å². The van der Waals surface area contributed by atoms with Crippen molar-refractivity contribution in [1.82, 2.24) is 10.2 Å². The lowest BCUT2D eigenvalue weighted by molar-refractivity contribution is -0.127. The van der Waals surface area contributed by atoms with Gasteiger partial charge < -0.3 is 15.3 Å². The summed E-state index contributed by atoms with van der Waals surface area (Å²) in [7, 11) is 0. The molecule has 0 saturated carbocycles. The van der Waals surface area contributed by atoms with Gasteiger partial charge in [0.1, 0.15) is 5.75 Å². The Bertz CT molecular complexity index is 516. The molecule has 1 aromatic carbocycles. The molecule has 0 aliphatic carbocycles. The van der Waals surface area contributed by atoms with E-state index in [0.717, 1.165) is 19.4 Å². The monoisotopic (exact) mass is 290 g/mol. The topological polar surface area (TPSA) is 69.6 Å². The SMILES string of the molecule is C[C@H](CCN1CCCC1=O)NC(=O)Cc1ccccc1O. The molecule has 0 bridgehead atoms. The van der Waals surface area contributed by atoms with Gasteiger partial charge in [0.05, 0.1) is 6.42 Å². The molecule has 1 aromatic rings.